The molecule has 1 aliphatic rings. The number of benzene rings is 1. The Labute approximate surface area is 95.3 Å². The van der Waals surface area contributed by atoms with Gasteiger partial charge in [0.2, 0.25) is 0 Å². The summed E-state index contributed by atoms with van der Waals surface area (Å²) < 4.78 is 0. The quantitative estimate of drug-likeness (QED) is 0.823. The van der Waals surface area contributed by atoms with E-state index in [4.69, 9.17) is 0 Å². The number of aromatic nitrogens is 1. The molecular formula is C14H14N2. The molecule has 1 aromatic carbocycles. The van der Waals surface area contributed by atoms with E-state index in [0.717, 1.165) is 5.69 Å². The van der Waals surface area contributed by atoms with Gasteiger partial charge in [0.05, 0.1) is 11.7 Å². The van der Waals surface area contributed by atoms with E-state index in [1.54, 1.807) is 6.20 Å². The molecule has 1 aliphatic carbocycles. The maximum Gasteiger partial charge on any atom is 0.0531 e. The minimum absolute atomic E-state index is 0.445. The van der Waals surface area contributed by atoms with Gasteiger partial charge in [-0.3, -0.25) is 4.98 Å². The molecule has 0 bridgehead atoms. The summed E-state index contributed by atoms with van der Waals surface area (Å²) in [5.41, 5.74) is 4.01. The van der Waals surface area contributed by atoms with Crippen molar-refractivity contribution in [1.82, 2.24) is 4.98 Å². The average molecular weight is 210 g/mol. The molecule has 3 rings (SSSR count). The van der Waals surface area contributed by atoms with Gasteiger partial charge in [-0.15, -0.1) is 0 Å². The summed E-state index contributed by atoms with van der Waals surface area (Å²) >= 11 is 0. The molecule has 0 radical (unpaired) electrons. The van der Waals surface area contributed by atoms with Crippen LogP contribution in [0.4, 0.5) is 5.69 Å². The predicted molar refractivity (Wildman–Crippen MR) is 65.4 cm³/mol. The van der Waals surface area contributed by atoms with Crippen molar-refractivity contribution in [3.63, 3.8) is 0 Å². The Balaban J connectivity index is 1.84. The average Bonchev–Trinajstić information content (AvgIpc) is 2.74. The highest BCUT2D eigenvalue weighted by Gasteiger charge is 2.21. The van der Waals surface area contributed by atoms with E-state index in [9.17, 15) is 0 Å². The molecule has 2 aromatic rings. The Hall–Kier alpha value is -1.83. The molecule has 1 atom stereocenters. The van der Waals surface area contributed by atoms with Gasteiger partial charge >= 0.3 is 0 Å². The highest BCUT2D eigenvalue weighted by atomic mass is 14.9. The summed E-state index contributed by atoms with van der Waals surface area (Å²) in [6.07, 6.45) is 6.02. The minimum atomic E-state index is 0.445. The lowest BCUT2D eigenvalue weighted by atomic mass is 10.1. The molecule has 80 valence electrons. The molecule has 2 heteroatoms. The topological polar surface area (TPSA) is 24.9 Å². The molecule has 1 aromatic heterocycles. The summed E-state index contributed by atoms with van der Waals surface area (Å²) in [6.45, 7) is 0. The monoisotopic (exact) mass is 210 g/mol. The Bertz CT molecular complexity index is 479. The fraction of sp³-hybridized carbons (Fsp3) is 0.214. The molecule has 0 aliphatic heterocycles. The Morgan fingerprint density at radius 3 is 2.94 bits per heavy atom. The van der Waals surface area contributed by atoms with E-state index in [0.29, 0.717) is 6.04 Å². The molecule has 0 spiro atoms. The van der Waals surface area contributed by atoms with Gasteiger partial charge in [0.1, 0.15) is 0 Å². The van der Waals surface area contributed by atoms with Crippen LogP contribution in [0.1, 0.15) is 23.6 Å². The molecule has 2 nitrogen and oxygen atoms in total. The number of rotatable bonds is 2. The van der Waals surface area contributed by atoms with Gasteiger partial charge in [-0.1, -0.05) is 24.3 Å². The van der Waals surface area contributed by atoms with E-state index >= 15 is 0 Å². The zero-order chi connectivity index (χ0) is 10.8. The van der Waals surface area contributed by atoms with Crippen LogP contribution in [0.25, 0.3) is 0 Å². The van der Waals surface area contributed by atoms with Crippen molar-refractivity contribution in [1.29, 1.82) is 0 Å². The fourth-order valence-electron chi connectivity index (χ4n) is 2.36. The van der Waals surface area contributed by atoms with Crippen LogP contribution in [-0.2, 0) is 6.42 Å². The molecule has 0 saturated carbocycles. The van der Waals surface area contributed by atoms with Crippen LogP contribution in [0.5, 0.6) is 0 Å². The summed E-state index contributed by atoms with van der Waals surface area (Å²) in [4.78, 5) is 4.12. The number of pyridine rings is 1. The van der Waals surface area contributed by atoms with E-state index in [2.05, 4.69) is 40.6 Å². The standard InChI is InChI=1S/C14H14N2/c1-2-6-13-11(4-1)7-8-14(13)16-12-5-3-9-15-10-12/h1-6,9-10,14,16H,7-8H2. The first kappa shape index (κ1) is 9.40. The molecule has 0 amide bonds. The lowest BCUT2D eigenvalue weighted by Crippen LogP contribution is -2.06. The van der Waals surface area contributed by atoms with Gasteiger partial charge in [-0.2, -0.15) is 0 Å². The van der Waals surface area contributed by atoms with Crippen molar-refractivity contribution in [2.24, 2.45) is 0 Å². The van der Waals surface area contributed by atoms with Crippen LogP contribution < -0.4 is 5.32 Å². The number of aryl methyl sites for hydroxylation is 1. The number of fused-ring (bicyclic) bond motifs is 1. The summed E-state index contributed by atoms with van der Waals surface area (Å²) in [6, 6.07) is 13.1. The zero-order valence-corrected chi connectivity index (χ0v) is 9.06. The van der Waals surface area contributed by atoms with Crippen LogP contribution in [0, 0.1) is 0 Å². The summed E-state index contributed by atoms with van der Waals surface area (Å²) in [7, 11) is 0. The van der Waals surface area contributed by atoms with E-state index < -0.39 is 0 Å². The Morgan fingerprint density at radius 1 is 1.12 bits per heavy atom. The SMILES string of the molecule is c1cncc(NC2CCc3ccccc32)c1. The van der Waals surface area contributed by atoms with E-state index in [-0.39, 0.29) is 0 Å². The van der Waals surface area contributed by atoms with E-state index in [1.165, 1.54) is 24.0 Å². The lowest BCUT2D eigenvalue weighted by molar-refractivity contribution is 0.761. The van der Waals surface area contributed by atoms with Gasteiger partial charge in [0.15, 0.2) is 0 Å². The van der Waals surface area contributed by atoms with Gasteiger partial charge in [-0.05, 0) is 36.1 Å². The van der Waals surface area contributed by atoms with Gasteiger partial charge in [0, 0.05) is 12.4 Å². The van der Waals surface area contributed by atoms with E-state index in [1.807, 2.05) is 12.3 Å². The highest BCUT2D eigenvalue weighted by molar-refractivity contribution is 5.46. The van der Waals surface area contributed by atoms with Crippen LogP contribution >= 0.6 is 0 Å². The van der Waals surface area contributed by atoms with Crippen molar-refractivity contribution < 1.29 is 0 Å². The molecule has 1 unspecified atom stereocenters. The molecule has 0 saturated heterocycles. The van der Waals surface area contributed by atoms with Crippen molar-refractivity contribution in [2.75, 3.05) is 5.32 Å². The van der Waals surface area contributed by atoms with Crippen molar-refractivity contribution in [3.8, 4) is 0 Å². The lowest BCUT2D eigenvalue weighted by Gasteiger charge is -2.14. The van der Waals surface area contributed by atoms with Gasteiger partial charge in [0.25, 0.3) is 0 Å². The normalized spacial score (nSPS) is 18.1. The Kier molecular flexibility index (Phi) is 2.33. The van der Waals surface area contributed by atoms with Crippen LogP contribution in [-0.4, -0.2) is 4.98 Å². The van der Waals surface area contributed by atoms with Crippen molar-refractivity contribution >= 4 is 5.69 Å². The number of nitrogens with one attached hydrogen (secondary N) is 1. The first-order valence-electron chi connectivity index (χ1n) is 5.68. The third kappa shape index (κ3) is 1.67. The first-order valence-corrected chi connectivity index (χ1v) is 5.68. The second kappa shape index (κ2) is 3.97. The van der Waals surface area contributed by atoms with Gasteiger partial charge in [-0.25, -0.2) is 0 Å². The molecule has 1 N–H and O–H groups in total. The largest absolute Gasteiger partial charge is 0.377 e. The molecule has 1 heterocycles. The maximum absolute atomic E-state index is 4.12. The second-order valence-electron chi connectivity index (χ2n) is 4.18. The molecule has 16 heavy (non-hydrogen) atoms. The number of nitrogens with zero attached hydrogens (tertiary/aromatic N) is 1. The molecule has 0 fully saturated rings. The third-order valence-corrected chi connectivity index (χ3v) is 3.14. The third-order valence-electron chi connectivity index (χ3n) is 3.14. The second-order valence-corrected chi connectivity index (χ2v) is 4.18. The predicted octanol–water partition coefficient (Wildman–Crippen LogP) is 3.18. The number of hydrogen-bond acceptors (Lipinski definition) is 2. The number of hydrogen-bond donors (Lipinski definition) is 1. The van der Waals surface area contributed by atoms with Crippen LogP contribution in [0.2, 0.25) is 0 Å². The van der Waals surface area contributed by atoms with Crippen molar-refractivity contribution in [2.45, 2.75) is 18.9 Å². The fourth-order valence-corrected chi connectivity index (χ4v) is 2.36. The first-order chi connectivity index (χ1) is 7.93. The highest BCUT2D eigenvalue weighted by Crippen LogP contribution is 2.33. The van der Waals surface area contributed by atoms with Crippen LogP contribution in [0.3, 0.4) is 0 Å². The van der Waals surface area contributed by atoms with Crippen molar-refractivity contribution in [3.05, 3.63) is 59.9 Å². The maximum atomic E-state index is 4.12. The van der Waals surface area contributed by atoms with Crippen LogP contribution in [0.15, 0.2) is 48.8 Å². The summed E-state index contributed by atoms with van der Waals surface area (Å²) in [5.74, 6) is 0. The Morgan fingerprint density at radius 2 is 2.06 bits per heavy atom. The summed E-state index contributed by atoms with van der Waals surface area (Å²) in [5, 5.41) is 3.53. The number of anilines is 1. The zero-order valence-electron chi connectivity index (χ0n) is 9.06. The molecular weight excluding hydrogens is 196 g/mol. The van der Waals surface area contributed by atoms with Gasteiger partial charge < -0.3 is 5.32 Å². The smallest absolute Gasteiger partial charge is 0.0531 e. The minimum Gasteiger partial charge on any atom is -0.377 e.